The number of rotatable bonds is 11. The number of aryl methyl sites for hydroxylation is 1. The Balaban J connectivity index is 2.16. The molecular formula is C17H29NOS. The van der Waals surface area contributed by atoms with Crippen LogP contribution in [0.2, 0.25) is 0 Å². The van der Waals surface area contributed by atoms with Crippen molar-refractivity contribution in [2.75, 3.05) is 0 Å². The standard InChI is InChI=1S/C17H29NOS/c1-3-4-5-6-7-8-9-10-11-15-13-20-16(14(15)2)12-17(18)19/h13H,3-12H2,1-2H3,(H2,18,19). The van der Waals surface area contributed by atoms with Gasteiger partial charge in [0.2, 0.25) is 5.91 Å². The number of carbonyl (C=O) groups is 1. The molecule has 0 aliphatic heterocycles. The summed E-state index contributed by atoms with van der Waals surface area (Å²) >= 11 is 1.68. The molecule has 1 amide bonds. The maximum absolute atomic E-state index is 11.0. The SMILES string of the molecule is CCCCCCCCCCc1csc(CC(N)=O)c1C. The number of amides is 1. The van der Waals surface area contributed by atoms with Crippen molar-refractivity contribution < 1.29 is 4.79 Å². The van der Waals surface area contributed by atoms with E-state index in [-0.39, 0.29) is 5.91 Å². The van der Waals surface area contributed by atoms with Gasteiger partial charge in [-0.15, -0.1) is 11.3 Å². The van der Waals surface area contributed by atoms with E-state index in [4.69, 9.17) is 5.73 Å². The van der Waals surface area contributed by atoms with Crippen molar-refractivity contribution in [3.63, 3.8) is 0 Å². The van der Waals surface area contributed by atoms with E-state index in [1.165, 1.54) is 62.5 Å². The summed E-state index contributed by atoms with van der Waals surface area (Å²) in [7, 11) is 0. The fraction of sp³-hybridized carbons (Fsp3) is 0.706. The lowest BCUT2D eigenvalue weighted by Gasteiger charge is -2.03. The molecule has 0 radical (unpaired) electrons. The zero-order valence-electron chi connectivity index (χ0n) is 13.0. The van der Waals surface area contributed by atoms with Crippen molar-refractivity contribution in [3.05, 3.63) is 21.4 Å². The molecule has 0 aromatic carbocycles. The number of hydrogen-bond acceptors (Lipinski definition) is 2. The first-order valence-corrected chi connectivity index (χ1v) is 8.87. The van der Waals surface area contributed by atoms with Crippen LogP contribution >= 0.6 is 11.3 Å². The van der Waals surface area contributed by atoms with Crippen LogP contribution in [0.5, 0.6) is 0 Å². The lowest BCUT2D eigenvalue weighted by Crippen LogP contribution is -2.13. The zero-order valence-corrected chi connectivity index (χ0v) is 13.9. The molecule has 0 spiro atoms. The zero-order chi connectivity index (χ0) is 14.8. The van der Waals surface area contributed by atoms with E-state index in [1.807, 2.05) is 0 Å². The summed E-state index contributed by atoms with van der Waals surface area (Å²) in [6.07, 6.45) is 12.4. The van der Waals surface area contributed by atoms with E-state index in [0.29, 0.717) is 6.42 Å². The maximum atomic E-state index is 11.0. The van der Waals surface area contributed by atoms with Crippen LogP contribution in [-0.4, -0.2) is 5.91 Å². The van der Waals surface area contributed by atoms with Gasteiger partial charge in [-0.05, 0) is 36.3 Å². The topological polar surface area (TPSA) is 43.1 Å². The van der Waals surface area contributed by atoms with Gasteiger partial charge in [0.05, 0.1) is 6.42 Å². The van der Waals surface area contributed by atoms with E-state index < -0.39 is 0 Å². The molecule has 20 heavy (non-hydrogen) atoms. The van der Waals surface area contributed by atoms with Gasteiger partial charge < -0.3 is 5.73 Å². The van der Waals surface area contributed by atoms with Crippen molar-refractivity contribution in [2.24, 2.45) is 5.73 Å². The van der Waals surface area contributed by atoms with Gasteiger partial charge in [0, 0.05) is 4.88 Å². The molecule has 0 aliphatic rings. The number of carbonyl (C=O) groups excluding carboxylic acids is 1. The minimum Gasteiger partial charge on any atom is -0.369 e. The molecule has 1 aromatic heterocycles. The quantitative estimate of drug-likeness (QED) is 0.587. The summed E-state index contributed by atoms with van der Waals surface area (Å²) in [5, 5.41) is 2.20. The smallest absolute Gasteiger partial charge is 0.222 e. The molecular weight excluding hydrogens is 266 g/mol. The second kappa shape index (κ2) is 9.98. The monoisotopic (exact) mass is 295 g/mol. The normalized spacial score (nSPS) is 10.9. The van der Waals surface area contributed by atoms with Crippen LogP contribution in [-0.2, 0) is 17.6 Å². The van der Waals surface area contributed by atoms with Crippen LogP contribution in [0.4, 0.5) is 0 Å². The summed E-state index contributed by atoms with van der Waals surface area (Å²) in [6, 6.07) is 0. The van der Waals surface area contributed by atoms with Gasteiger partial charge in [-0.25, -0.2) is 0 Å². The first-order chi connectivity index (χ1) is 9.65. The Labute approximate surface area is 127 Å². The highest BCUT2D eigenvalue weighted by Crippen LogP contribution is 2.24. The highest BCUT2D eigenvalue weighted by molar-refractivity contribution is 7.10. The molecule has 0 aliphatic carbocycles. The van der Waals surface area contributed by atoms with Gasteiger partial charge >= 0.3 is 0 Å². The van der Waals surface area contributed by atoms with Gasteiger partial charge in [-0.3, -0.25) is 4.79 Å². The summed E-state index contributed by atoms with van der Waals surface area (Å²) in [6.45, 7) is 4.38. The molecule has 2 nitrogen and oxygen atoms in total. The molecule has 2 N–H and O–H groups in total. The largest absolute Gasteiger partial charge is 0.369 e. The molecule has 0 bridgehead atoms. The summed E-state index contributed by atoms with van der Waals surface area (Å²) in [5.41, 5.74) is 7.96. The third kappa shape index (κ3) is 6.56. The van der Waals surface area contributed by atoms with Crippen molar-refractivity contribution in [1.29, 1.82) is 0 Å². The second-order valence-electron chi connectivity index (χ2n) is 5.68. The van der Waals surface area contributed by atoms with Gasteiger partial charge in [0.15, 0.2) is 0 Å². The molecule has 0 atom stereocenters. The average Bonchev–Trinajstić information content (AvgIpc) is 2.74. The number of unbranched alkanes of at least 4 members (excludes halogenated alkanes) is 7. The van der Waals surface area contributed by atoms with Crippen molar-refractivity contribution in [3.8, 4) is 0 Å². The molecule has 0 saturated carbocycles. The van der Waals surface area contributed by atoms with Gasteiger partial charge in [0.25, 0.3) is 0 Å². The molecule has 0 unspecified atom stereocenters. The van der Waals surface area contributed by atoms with Crippen molar-refractivity contribution in [2.45, 2.75) is 78.1 Å². The third-order valence-electron chi connectivity index (χ3n) is 3.88. The second-order valence-corrected chi connectivity index (χ2v) is 6.64. The molecule has 0 fully saturated rings. The maximum Gasteiger partial charge on any atom is 0.222 e. The Morgan fingerprint density at radius 3 is 2.30 bits per heavy atom. The van der Waals surface area contributed by atoms with Gasteiger partial charge in [-0.1, -0.05) is 51.9 Å². The average molecular weight is 295 g/mol. The minimum absolute atomic E-state index is 0.228. The van der Waals surface area contributed by atoms with E-state index in [2.05, 4.69) is 19.2 Å². The van der Waals surface area contributed by atoms with E-state index in [9.17, 15) is 4.79 Å². The molecule has 1 rings (SSSR count). The Bertz CT molecular complexity index is 398. The Morgan fingerprint density at radius 2 is 1.70 bits per heavy atom. The fourth-order valence-corrected chi connectivity index (χ4v) is 3.64. The lowest BCUT2D eigenvalue weighted by molar-refractivity contribution is -0.117. The van der Waals surface area contributed by atoms with Crippen molar-refractivity contribution in [1.82, 2.24) is 0 Å². The first-order valence-electron chi connectivity index (χ1n) is 7.99. The lowest BCUT2D eigenvalue weighted by atomic mass is 10.0. The molecule has 114 valence electrons. The summed E-state index contributed by atoms with van der Waals surface area (Å²) < 4.78 is 0. The Kier molecular flexibility index (Phi) is 8.59. The van der Waals surface area contributed by atoms with E-state index >= 15 is 0 Å². The number of nitrogens with two attached hydrogens (primary N) is 1. The van der Waals surface area contributed by atoms with Crippen LogP contribution in [0.15, 0.2) is 5.38 Å². The minimum atomic E-state index is -0.228. The Hall–Kier alpha value is -0.830. The van der Waals surface area contributed by atoms with Gasteiger partial charge in [0.1, 0.15) is 0 Å². The van der Waals surface area contributed by atoms with Crippen LogP contribution in [0.3, 0.4) is 0 Å². The highest BCUT2D eigenvalue weighted by Gasteiger charge is 2.09. The molecule has 1 aromatic rings. The third-order valence-corrected chi connectivity index (χ3v) is 5.02. The predicted octanol–water partition coefficient (Wildman–Crippen LogP) is 4.77. The number of primary amides is 1. The predicted molar refractivity (Wildman–Crippen MR) is 88.3 cm³/mol. The molecule has 3 heteroatoms. The van der Waals surface area contributed by atoms with E-state index in [0.717, 1.165) is 11.3 Å². The summed E-state index contributed by atoms with van der Waals surface area (Å²) in [4.78, 5) is 12.1. The first kappa shape index (κ1) is 17.2. The molecule has 0 saturated heterocycles. The van der Waals surface area contributed by atoms with Crippen LogP contribution < -0.4 is 5.73 Å². The Morgan fingerprint density at radius 1 is 1.10 bits per heavy atom. The molecule has 1 heterocycles. The number of hydrogen-bond donors (Lipinski definition) is 1. The van der Waals surface area contributed by atoms with Crippen LogP contribution in [0.1, 0.15) is 74.3 Å². The number of thiophene rings is 1. The van der Waals surface area contributed by atoms with Gasteiger partial charge in [-0.2, -0.15) is 0 Å². The van der Waals surface area contributed by atoms with Crippen LogP contribution in [0.25, 0.3) is 0 Å². The highest BCUT2D eigenvalue weighted by atomic mass is 32.1. The van der Waals surface area contributed by atoms with Crippen LogP contribution in [0, 0.1) is 6.92 Å². The van der Waals surface area contributed by atoms with E-state index in [1.54, 1.807) is 11.3 Å². The van der Waals surface area contributed by atoms with Crippen molar-refractivity contribution >= 4 is 17.2 Å². The fourth-order valence-electron chi connectivity index (χ4n) is 2.53. The summed E-state index contributed by atoms with van der Waals surface area (Å²) in [5.74, 6) is -0.228.